The van der Waals surface area contributed by atoms with Gasteiger partial charge in [-0.3, -0.25) is 9.69 Å². The summed E-state index contributed by atoms with van der Waals surface area (Å²) in [5.41, 5.74) is 3.14. The number of ether oxygens (including phenoxy) is 2. The molecule has 3 aromatic rings. The lowest BCUT2D eigenvalue weighted by atomic mass is 9.87. The molecule has 180 valence electrons. The molecule has 1 aliphatic rings. The maximum Gasteiger partial charge on any atom is 0.270 e. The van der Waals surface area contributed by atoms with Gasteiger partial charge < -0.3 is 9.47 Å². The third kappa shape index (κ3) is 6.53. The van der Waals surface area contributed by atoms with Crippen molar-refractivity contribution >= 4 is 46.0 Å². The molecule has 0 bridgehead atoms. The number of nitrogens with zero attached hydrogens (tertiary/aromatic N) is 1. The first kappa shape index (κ1) is 25.0. The highest BCUT2D eigenvalue weighted by molar-refractivity contribution is 8.27. The molecule has 0 atom stereocenters. The third-order valence-electron chi connectivity index (χ3n) is 5.53. The number of carbonyl (C=O) groups is 1. The van der Waals surface area contributed by atoms with E-state index in [0.29, 0.717) is 22.4 Å². The highest BCUT2D eigenvalue weighted by Gasteiger charge is 2.33. The van der Waals surface area contributed by atoms with Crippen LogP contribution in [-0.2, 0) is 10.2 Å². The Morgan fingerprint density at radius 1 is 0.857 bits per heavy atom. The van der Waals surface area contributed by atoms with Gasteiger partial charge in [-0.25, -0.2) is 0 Å². The van der Waals surface area contributed by atoms with Gasteiger partial charge in [0.05, 0.1) is 23.8 Å². The number of hydrogen-bond acceptors (Lipinski definition) is 5. The summed E-state index contributed by atoms with van der Waals surface area (Å²) < 4.78 is 12.2. The Labute approximate surface area is 216 Å². The average Bonchev–Trinajstić information content (AvgIpc) is 3.12. The molecule has 0 aromatic heterocycles. The zero-order valence-corrected chi connectivity index (χ0v) is 21.8. The number of para-hydroxylation sites is 1. The molecule has 6 heteroatoms. The number of amides is 1. The standard InChI is InChI=1S/C29H29NO3S2/c1-29(2,3)22-12-16-25(17-13-22)33-19-7-18-32-24-14-10-21(11-15-24)20-26-27(31)30(28(34)35-26)23-8-5-4-6-9-23/h4-6,8-17,20H,7,18-19H2,1-3H3. The Hall–Kier alpha value is -3.09. The van der Waals surface area contributed by atoms with Gasteiger partial charge in [0.2, 0.25) is 0 Å². The summed E-state index contributed by atoms with van der Waals surface area (Å²) in [7, 11) is 0. The van der Waals surface area contributed by atoms with Crippen LogP contribution >= 0.6 is 24.0 Å². The van der Waals surface area contributed by atoms with Crippen molar-refractivity contribution < 1.29 is 14.3 Å². The molecule has 0 aliphatic carbocycles. The summed E-state index contributed by atoms with van der Waals surface area (Å²) in [6, 6.07) is 25.5. The minimum atomic E-state index is -0.0976. The van der Waals surface area contributed by atoms with Crippen LogP contribution in [0.3, 0.4) is 0 Å². The van der Waals surface area contributed by atoms with Crippen LogP contribution in [0.15, 0.2) is 83.8 Å². The molecule has 1 aliphatic heterocycles. The van der Waals surface area contributed by atoms with Crippen molar-refractivity contribution in [3.05, 3.63) is 94.9 Å². The number of anilines is 1. The van der Waals surface area contributed by atoms with Gasteiger partial charge in [-0.2, -0.15) is 0 Å². The van der Waals surface area contributed by atoms with Crippen molar-refractivity contribution in [3.8, 4) is 11.5 Å². The van der Waals surface area contributed by atoms with Crippen LogP contribution in [0, 0.1) is 0 Å². The molecule has 4 rings (SSSR count). The quantitative estimate of drug-likeness (QED) is 0.184. The lowest BCUT2D eigenvalue weighted by molar-refractivity contribution is -0.113. The van der Waals surface area contributed by atoms with E-state index < -0.39 is 0 Å². The Morgan fingerprint density at radius 2 is 1.43 bits per heavy atom. The predicted octanol–water partition coefficient (Wildman–Crippen LogP) is 7.24. The fourth-order valence-corrected chi connectivity index (χ4v) is 4.87. The lowest BCUT2D eigenvalue weighted by Crippen LogP contribution is -2.27. The molecule has 1 amide bonds. The molecular formula is C29H29NO3S2. The van der Waals surface area contributed by atoms with Gasteiger partial charge in [0.15, 0.2) is 4.32 Å². The van der Waals surface area contributed by atoms with E-state index in [1.807, 2.05) is 72.8 Å². The minimum absolute atomic E-state index is 0.0976. The van der Waals surface area contributed by atoms with E-state index in [9.17, 15) is 4.79 Å². The monoisotopic (exact) mass is 503 g/mol. The van der Waals surface area contributed by atoms with E-state index in [2.05, 4.69) is 32.9 Å². The van der Waals surface area contributed by atoms with Crippen molar-refractivity contribution in [2.75, 3.05) is 18.1 Å². The van der Waals surface area contributed by atoms with Gasteiger partial charge in [-0.1, -0.05) is 87.2 Å². The minimum Gasteiger partial charge on any atom is -0.493 e. The van der Waals surface area contributed by atoms with Gasteiger partial charge in [0.25, 0.3) is 5.91 Å². The zero-order chi connectivity index (χ0) is 24.8. The van der Waals surface area contributed by atoms with Gasteiger partial charge in [0, 0.05) is 6.42 Å². The first-order valence-corrected chi connectivity index (χ1v) is 12.8. The largest absolute Gasteiger partial charge is 0.493 e. The molecule has 0 radical (unpaired) electrons. The van der Waals surface area contributed by atoms with Crippen molar-refractivity contribution in [1.29, 1.82) is 0 Å². The fourth-order valence-electron chi connectivity index (χ4n) is 3.57. The third-order valence-corrected chi connectivity index (χ3v) is 6.83. The van der Waals surface area contributed by atoms with E-state index in [1.165, 1.54) is 17.3 Å². The number of thiocarbonyl (C=S) groups is 1. The van der Waals surface area contributed by atoms with Crippen molar-refractivity contribution in [2.45, 2.75) is 32.6 Å². The molecule has 0 N–H and O–H groups in total. The van der Waals surface area contributed by atoms with Gasteiger partial charge >= 0.3 is 0 Å². The van der Waals surface area contributed by atoms with Gasteiger partial charge in [-0.05, 0) is 59.0 Å². The van der Waals surface area contributed by atoms with Crippen LogP contribution in [0.25, 0.3) is 6.08 Å². The zero-order valence-electron chi connectivity index (χ0n) is 20.2. The highest BCUT2D eigenvalue weighted by atomic mass is 32.2. The Kier molecular flexibility index (Phi) is 7.93. The second-order valence-electron chi connectivity index (χ2n) is 9.25. The van der Waals surface area contributed by atoms with Crippen molar-refractivity contribution in [1.82, 2.24) is 0 Å². The van der Waals surface area contributed by atoms with Crippen LogP contribution < -0.4 is 14.4 Å². The van der Waals surface area contributed by atoms with Crippen LogP contribution in [-0.4, -0.2) is 23.4 Å². The topological polar surface area (TPSA) is 38.8 Å². The molecule has 3 aromatic carbocycles. The van der Waals surface area contributed by atoms with Crippen LogP contribution in [0.2, 0.25) is 0 Å². The number of carbonyl (C=O) groups excluding carboxylic acids is 1. The summed E-state index contributed by atoms with van der Waals surface area (Å²) in [5, 5.41) is 0. The van der Waals surface area contributed by atoms with Crippen LogP contribution in [0.1, 0.15) is 38.3 Å². The van der Waals surface area contributed by atoms with Gasteiger partial charge in [0.1, 0.15) is 11.5 Å². The Morgan fingerprint density at radius 3 is 2.00 bits per heavy atom. The second kappa shape index (κ2) is 11.1. The number of benzene rings is 3. The van der Waals surface area contributed by atoms with Crippen LogP contribution in [0.5, 0.6) is 11.5 Å². The number of hydrogen-bond donors (Lipinski definition) is 0. The summed E-state index contributed by atoms with van der Waals surface area (Å²) in [6.07, 6.45) is 2.65. The lowest BCUT2D eigenvalue weighted by Gasteiger charge is -2.19. The van der Waals surface area contributed by atoms with E-state index in [1.54, 1.807) is 4.90 Å². The maximum atomic E-state index is 12.9. The average molecular weight is 504 g/mol. The fraction of sp³-hybridized carbons (Fsp3) is 0.241. The molecule has 4 nitrogen and oxygen atoms in total. The summed E-state index contributed by atoms with van der Waals surface area (Å²) in [5.74, 6) is 1.56. The van der Waals surface area contributed by atoms with Gasteiger partial charge in [-0.15, -0.1) is 0 Å². The van der Waals surface area contributed by atoms with E-state index in [4.69, 9.17) is 21.7 Å². The van der Waals surface area contributed by atoms with Crippen molar-refractivity contribution in [3.63, 3.8) is 0 Å². The molecule has 1 heterocycles. The smallest absolute Gasteiger partial charge is 0.270 e. The Balaban J connectivity index is 1.25. The SMILES string of the molecule is CC(C)(C)c1ccc(OCCCOc2ccc(C=C3SC(=S)N(c4ccccc4)C3=O)cc2)cc1. The normalized spacial score (nSPS) is 15.1. The Bertz CT molecular complexity index is 1200. The second-order valence-corrected chi connectivity index (χ2v) is 10.9. The molecule has 35 heavy (non-hydrogen) atoms. The van der Waals surface area contributed by atoms with E-state index >= 15 is 0 Å². The van der Waals surface area contributed by atoms with E-state index in [-0.39, 0.29) is 11.3 Å². The first-order valence-electron chi connectivity index (χ1n) is 11.6. The molecule has 0 saturated carbocycles. The first-order chi connectivity index (χ1) is 16.8. The van der Waals surface area contributed by atoms with E-state index in [0.717, 1.165) is 29.2 Å². The number of rotatable bonds is 8. The summed E-state index contributed by atoms with van der Waals surface area (Å²) in [6.45, 7) is 7.76. The molecular weight excluding hydrogens is 474 g/mol. The summed E-state index contributed by atoms with van der Waals surface area (Å²) in [4.78, 5) is 15.1. The number of thioether (sulfide) groups is 1. The molecule has 0 spiro atoms. The maximum absolute atomic E-state index is 12.9. The predicted molar refractivity (Wildman–Crippen MR) is 149 cm³/mol. The van der Waals surface area contributed by atoms with Crippen molar-refractivity contribution in [2.24, 2.45) is 0 Å². The van der Waals surface area contributed by atoms with Crippen LogP contribution in [0.4, 0.5) is 5.69 Å². The highest BCUT2D eigenvalue weighted by Crippen LogP contribution is 2.36. The summed E-state index contributed by atoms with van der Waals surface area (Å²) >= 11 is 6.75. The molecule has 1 saturated heterocycles. The molecule has 0 unspecified atom stereocenters. The molecule has 1 fully saturated rings.